The van der Waals surface area contributed by atoms with E-state index < -0.39 is 33.5 Å². The Morgan fingerprint density at radius 1 is 1.02 bits per heavy atom. The van der Waals surface area contributed by atoms with Gasteiger partial charge in [0.05, 0.1) is 44.6 Å². The lowest BCUT2D eigenvalue weighted by Gasteiger charge is -2.37. The number of ether oxygens (including phenoxy) is 3. The highest BCUT2D eigenvalue weighted by atomic mass is 32.2. The molecule has 0 unspecified atom stereocenters. The maximum absolute atomic E-state index is 15.2. The number of H-pyrrole nitrogens is 1. The van der Waals surface area contributed by atoms with Crippen molar-refractivity contribution in [3.8, 4) is 11.5 Å². The van der Waals surface area contributed by atoms with Gasteiger partial charge in [-0.1, -0.05) is 18.2 Å². The number of benzene rings is 2. The number of aromatic nitrogens is 2. The number of morpholine rings is 1. The summed E-state index contributed by atoms with van der Waals surface area (Å²) < 4.78 is 75.2. The number of urea groups is 1. The number of pyridine rings is 1. The van der Waals surface area contributed by atoms with Crippen LogP contribution in [0.5, 0.6) is 11.5 Å². The van der Waals surface area contributed by atoms with Crippen LogP contribution in [-0.2, 0) is 27.9 Å². The standard InChI is InChI=1S/C24H27F2N5O4.C6H6O3S/c1-4-30-21-14(11-27-23-16(21)9-15(28-23)13-29-5-7-35-8-6-29)12-31(24(30)32)22-19(25)17(33-2)10-18(34-3)20(22)26;7-10(8,9)6-4-2-1-3-5-6/h9-11H,4-8,12-13H2,1-3H3,(H,27,28);1-5H,(H,7,8,9). The van der Waals surface area contributed by atoms with E-state index in [1.165, 1.54) is 31.3 Å². The minimum Gasteiger partial charge on any atom is -0.493 e. The third-order valence-electron chi connectivity index (χ3n) is 7.50. The summed E-state index contributed by atoms with van der Waals surface area (Å²) in [6.45, 7) is 5.86. The fourth-order valence-corrected chi connectivity index (χ4v) is 5.83. The summed E-state index contributed by atoms with van der Waals surface area (Å²) in [4.78, 5) is 26.3. The summed E-state index contributed by atoms with van der Waals surface area (Å²) in [5, 5.41) is 0.796. The van der Waals surface area contributed by atoms with E-state index in [0.717, 1.165) is 35.1 Å². The van der Waals surface area contributed by atoms with E-state index in [0.29, 0.717) is 43.2 Å². The van der Waals surface area contributed by atoms with Crippen LogP contribution in [0, 0.1) is 11.6 Å². The van der Waals surface area contributed by atoms with Gasteiger partial charge in [-0.05, 0) is 25.1 Å². The second-order valence-corrected chi connectivity index (χ2v) is 11.7. The summed E-state index contributed by atoms with van der Waals surface area (Å²) in [6, 6.07) is 10.00. The van der Waals surface area contributed by atoms with Crippen molar-refractivity contribution in [1.29, 1.82) is 0 Å². The van der Waals surface area contributed by atoms with Gasteiger partial charge in [0.15, 0.2) is 23.1 Å². The molecule has 0 atom stereocenters. The highest BCUT2D eigenvalue weighted by Gasteiger charge is 2.37. The molecule has 0 saturated carbocycles. The number of halogens is 2. The first-order valence-corrected chi connectivity index (χ1v) is 15.5. The van der Waals surface area contributed by atoms with Crippen LogP contribution in [-0.4, -0.2) is 80.9 Å². The molecule has 4 aromatic rings. The van der Waals surface area contributed by atoms with Crippen LogP contribution in [0.1, 0.15) is 18.2 Å². The molecule has 0 radical (unpaired) electrons. The molecule has 12 nitrogen and oxygen atoms in total. The van der Waals surface area contributed by atoms with E-state index in [2.05, 4.69) is 14.9 Å². The predicted octanol–water partition coefficient (Wildman–Crippen LogP) is 4.59. The van der Waals surface area contributed by atoms with Gasteiger partial charge in [-0.15, -0.1) is 0 Å². The number of carbonyl (C=O) groups excluding carboxylic acids is 1. The van der Waals surface area contributed by atoms with Crippen LogP contribution in [0.3, 0.4) is 0 Å². The fourth-order valence-electron chi connectivity index (χ4n) is 5.33. The second kappa shape index (κ2) is 13.4. The molecule has 2 amide bonds. The fraction of sp³-hybridized carbons (Fsp3) is 0.333. The number of fused-ring (bicyclic) bond motifs is 3. The average molecular weight is 646 g/mol. The van der Waals surface area contributed by atoms with Crippen molar-refractivity contribution in [1.82, 2.24) is 14.9 Å². The van der Waals surface area contributed by atoms with Gasteiger partial charge in [-0.3, -0.25) is 19.3 Å². The molecule has 0 spiro atoms. The van der Waals surface area contributed by atoms with Gasteiger partial charge in [0.25, 0.3) is 10.1 Å². The molecule has 2 aromatic heterocycles. The van der Waals surface area contributed by atoms with Crippen LogP contribution in [0.15, 0.2) is 53.6 Å². The number of aromatic amines is 1. The number of hydrogen-bond acceptors (Lipinski definition) is 8. The SMILES string of the molecule is CCN1C(=O)N(c2c(F)c(OC)cc(OC)c2F)Cc2cnc3[nH]c(CN4CCOCC4)cc3c21.O=S(=O)(O)c1ccccc1. The van der Waals surface area contributed by atoms with Crippen molar-refractivity contribution in [2.24, 2.45) is 0 Å². The van der Waals surface area contributed by atoms with Gasteiger partial charge in [0, 0.05) is 55.1 Å². The smallest absolute Gasteiger partial charge is 0.329 e. The number of rotatable bonds is 7. The Morgan fingerprint density at radius 3 is 2.22 bits per heavy atom. The van der Waals surface area contributed by atoms with Gasteiger partial charge < -0.3 is 19.2 Å². The van der Waals surface area contributed by atoms with Crippen LogP contribution < -0.4 is 19.3 Å². The summed E-state index contributed by atoms with van der Waals surface area (Å²) in [5.41, 5.74) is 2.49. The van der Waals surface area contributed by atoms with Crippen LogP contribution in [0.4, 0.5) is 25.0 Å². The van der Waals surface area contributed by atoms with Crippen molar-refractivity contribution in [3.05, 3.63) is 71.6 Å². The van der Waals surface area contributed by atoms with E-state index in [1.807, 2.05) is 13.0 Å². The van der Waals surface area contributed by atoms with E-state index >= 15 is 8.78 Å². The molecule has 2 aliphatic heterocycles. The van der Waals surface area contributed by atoms with Crippen molar-refractivity contribution in [2.75, 3.05) is 56.9 Å². The van der Waals surface area contributed by atoms with E-state index in [9.17, 15) is 13.2 Å². The number of amides is 2. The molecule has 2 aliphatic rings. The van der Waals surface area contributed by atoms with Crippen molar-refractivity contribution in [2.45, 2.75) is 24.9 Å². The molecule has 15 heteroatoms. The lowest BCUT2D eigenvalue weighted by molar-refractivity contribution is 0.0337. The molecule has 1 saturated heterocycles. The van der Waals surface area contributed by atoms with Gasteiger partial charge in [-0.25, -0.2) is 18.6 Å². The van der Waals surface area contributed by atoms with Gasteiger partial charge in [-0.2, -0.15) is 8.42 Å². The molecule has 2 aromatic carbocycles. The topological polar surface area (TPSA) is 138 Å². The van der Waals surface area contributed by atoms with Crippen LogP contribution in [0.2, 0.25) is 0 Å². The number of hydrogen-bond donors (Lipinski definition) is 2. The Kier molecular flexibility index (Phi) is 9.53. The quantitative estimate of drug-likeness (QED) is 0.277. The second-order valence-electron chi connectivity index (χ2n) is 10.2. The lowest BCUT2D eigenvalue weighted by atomic mass is 10.1. The zero-order valence-corrected chi connectivity index (χ0v) is 25.7. The number of nitrogens with one attached hydrogen (secondary N) is 1. The molecule has 2 N–H and O–H groups in total. The summed E-state index contributed by atoms with van der Waals surface area (Å²) >= 11 is 0. The molecule has 6 rings (SSSR count). The summed E-state index contributed by atoms with van der Waals surface area (Å²) in [7, 11) is -1.46. The molecular weight excluding hydrogens is 612 g/mol. The first-order chi connectivity index (χ1) is 21.6. The molecule has 45 heavy (non-hydrogen) atoms. The minimum absolute atomic E-state index is 0.0538. The lowest BCUT2D eigenvalue weighted by Crippen LogP contribution is -2.48. The molecule has 4 heterocycles. The monoisotopic (exact) mass is 645 g/mol. The minimum atomic E-state index is -4.00. The molecule has 240 valence electrons. The number of nitrogens with zero attached hydrogens (tertiary/aromatic N) is 4. The zero-order valence-electron chi connectivity index (χ0n) is 24.9. The van der Waals surface area contributed by atoms with Gasteiger partial charge >= 0.3 is 6.03 Å². The number of anilines is 2. The Hall–Kier alpha value is -4.31. The number of carbonyl (C=O) groups is 1. The Bertz CT molecular complexity index is 1770. The normalized spacial score (nSPS) is 15.5. The van der Waals surface area contributed by atoms with Crippen LogP contribution in [0.25, 0.3) is 11.0 Å². The van der Waals surface area contributed by atoms with E-state index in [-0.39, 0.29) is 22.9 Å². The van der Waals surface area contributed by atoms with Crippen LogP contribution >= 0.6 is 0 Å². The zero-order chi connectivity index (χ0) is 32.3. The highest BCUT2D eigenvalue weighted by molar-refractivity contribution is 7.85. The first-order valence-electron chi connectivity index (χ1n) is 14.1. The van der Waals surface area contributed by atoms with Crippen molar-refractivity contribution < 1.29 is 40.8 Å². The summed E-state index contributed by atoms with van der Waals surface area (Å²) in [5.74, 6) is -2.37. The third kappa shape index (κ3) is 6.56. The molecule has 0 bridgehead atoms. The highest BCUT2D eigenvalue weighted by Crippen LogP contribution is 2.42. The Morgan fingerprint density at radius 2 is 1.67 bits per heavy atom. The third-order valence-corrected chi connectivity index (χ3v) is 8.36. The average Bonchev–Trinajstić information content (AvgIpc) is 3.45. The Balaban J connectivity index is 0.000000342. The molecule has 0 aliphatic carbocycles. The van der Waals surface area contributed by atoms with Gasteiger partial charge in [0.1, 0.15) is 11.3 Å². The molecule has 1 fully saturated rings. The van der Waals surface area contributed by atoms with Crippen molar-refractivity contribution >= 4 is 38.6 Å². The first kappa shape index (κ1) is 32.1. The largest absolute Gasteiger partial charge is 0.493 e. The number of methoxy groups -OCH3 is 2. The van der Waals surface area contributed by atoms with E-state index in [1.54, 1.807) is 24.4 Å². The summed E-state index contributed by atoms with van der Waals surface area (Å²) in [6.07, 6.45) is 1.64. The van der Waals surface area contributed by atoms with Crippen molar-refractivity contribution in [3.63, 3.8) is 0 Å². The van der Waals surface area contributed by atoms with E-state index in [4.69, 9.17) is 18.8 Å². The Labute approximate surface area is 258 Å². The predicted molar refractivity (Wildman–Crippen MR) is 163 cm³/mol. The maximum atomic E-state index is 15.2. The molecular formula is C30H33F2N5O7S. The van der Waals surface area contributed by atoms with Gasteiger partial charge in [0.2, 0.25) is 0 Å². The maximum Gasteiger partial charge on any atom is 0.329 e.